The van der Waals surface area contributed by atoms with E-state index in [1.54, 1.807) is 11.1 Å². The molecular weight excluding hydrogens is 304 g/mol. The molecule has 2 heteroatoms. The van der Waals surface area contributed by atoms with Crippen LogP contribution in [-0.2, 0) is 12.8 Å². The normalized spacial score (nSPS) is 22.8. The van der Waals surface area contributed by atoms with E-state index in [1.165, 1.54) is 53.2 Å². The minimum Gasteiger partial charge on any atom is -0.314 e. The van der Waals surface area contributed by atoms with Crippen LogP contribution in [0.2, 0.25) is 0 Å². The molecule has 0 amide bonds. The van der Waals surface area contributed by atoms with Gasteiger partial charge in [-0.1, -0.05) is 48.1 Å². The molecule has 1 atom stereocenters. The first-order valence-corrected chi connectivity index (χ1v) is 9.77. The second kappa shape index (κ2) is 6.44. The van der Waals surface area contributed by atoms with Crippen LogP contribution in [0.3, 0.4) is 0 Å². The predicted molar refractivity (Wildman–Crippen MR) is 106 cm³/mol. The lowest BCUT2D eigenvalue weighted by Gasteiger charge is -2.28. The number of allylic oxidation sites excluding steroid dienone is 4. The molecule has 1 unspecified atom stereocenters. The van der Waals surface area contributed by atoms with Crippen molar-refractivity contribution in [2.45, 2.75) is 38.1 Å². The molecule has 2 nitrogen and oxygen atoms in total. The number of hydrogen-bond acceptors (Lipinski definition) is 2. The lowest BCUT2D eigenvalue weighted by molar-refractivity contribution is 0.417. The van der Waals surface area contributed by atoms with E-state index in [0.29, 0.717) is 6.04 Å². The van der Waals surface area contributed by atoms with Crippen LogP contribution in [0.5, 0.6) is 0 Å². The van der Waals surface area contributed by atoms with Crippen LogP contribution < -0.4 is 10.6 Å². The highest BCUT2D eigenvalue weighted by molar-refractivity contribution is 5.95. The Morgan fingerprint density at radius 2 is 2.00 bits per heavy atom. The van der Waals surface area contributed by atoms with Crippen LogP contribution in [0.4, 0.5) is 0 Å². The minimum absolute atomic E-state index is 0.545. The van der Waals surface area contributed by atoms with Gasteiger partial charge in [-0.2, -0.15) is 0 Å². The molecule has 1 saturated heterocycles. The van der Waals surface area contributed by atoms with Crippen LogP contribution in [-0.4, -0.2) is 25.7 Å². The van der Waals surface area contributed by atoms with Gasteiger partial charge in [-0.25, -0.2) is 0 Å². The van der Waals surface area contributed by atoms with Crippen LogP contribution in [0.1, 0.15) is 36.0 Å². The number of nitrogens with one attached hydrogen (secondary N) is 2. The summed E-state index contributed by atoms with van der Waals surface area (Å²) in [5, 5.41) is 10.1. The third-order valence-electron chi connectivity index (χ3n) is 6.08. The molecule has 3 aliphatic rings. The molecule has 0 bridgehead atoms. The van der Waals surface area contributed by atoms with Crippen molar-refractivity contribution in [3.8, 4) is 0 Å². The highest BCUT2D eigenvalue weighted by Gasteiger charge is 2.22. The van der Waals surface area contributed by atoms with Crippen molar-refractivity contribution < 1.29 is 0 Å². The molecule has 1 heterocycles. The zero-order valence-corrected chi connectivity index (χ0v) is 14.8. The van der Waals surface area contributed by atoms with Gasteiger partial charge >= 0.3 is 0 Å². The van der Waals surface area contributed by atoms with Gasteiger partial charge in [-0.05, 0) is 65.1 Å². The summed E-state index contributed by atoms with van der Waals surface area (Å²) in [4.78, 5) is 0. The Balaban J connectivity index is 1.62. The smallest absolute Gasteiger partial charge is 0.0233 e. The number of benzene rings is 2. The summed E-state index contributed by atoms with van der Waals surface area (Å²) in [5.74, 6) is 0. The van der Waals surface area contributed by atoms with Gasteiger partial charge in [0, 0.05) is 25.7 Å². The second-order valence-corrected chi connectivity index (χ2v) is 7.62. The fraction of sp³-hybridized carbons (Fsp3) is 0.391. The molecular formula is C23H26N2. The van der Waals surface area contributed by atoms with Gasteiger partial charge in [0.2, 0.25) is 0 Å². The number of aryl methyl sites for hydroxylation is 1. The standard InChI is InChI=1S/C23H26N2/c1-2-7-20-16(4-1)8-11-22-21(20)10-9-17-5-3-6-18(23(17)22)14-19-15-24-12-13-25-19/h2-3,5-7,9-10,19,24-25H,1,4,8,11-15H2. The van der Waals surface area contributed by atoms with Crippen molar-refractivity contribution in [1.29, 1.82) is 0 Å². The Morgan fingerprint density at radius 3 is 2.92 bits per heavy atom. The van der Waals surface area contributed by atoms with Crippen molar-refractivity contribution in [1.82, 2.24) is 10.6 Å². The number of piperazine rings is 1. The van der Waals surface area contributed by atoms with Crippen LogP contribution >= 0.6 is 0 Å². The first kappa shape index (κ1) is 15.4. The average molecular weight is 330 g/mol. The van der Waals surface area contributed by atoms with Gasteiger partial charge in [-0.15, -0.1) is 0 Å². The number of hydrogen-bond donors (Lipinski definition) is 2. The Labute approximate surface area is 150 Å². The molecule has 0 radical (unpaired) electrons. The quantitative estimate of drug-likeness (QED) is 0.870. The summed E-state index contributed by atoms with van der Waals surface area (Å²) in [6.07, 6.45) is 10.7. The Morgan fingerprint density at radius 1 is 1.00 bits per heavy atom. The van der Waals surface area contributed by atoms with Crippen molar-refractivity contribution in [2.75, 3.05) is 19.6 Å². The molecule has 0 aromatic heterocycles. The van der Waals surface area contributed by atoms with E-state index in [1.807, 2.05) is 0 Å². The SMILES string of the molecule is C1=CC2=C(CC1)CCc1c2ccc2cccc(CC3CNCCN3)c12. The zero-order chi connectivity index (χ0) is 16.6. The fourth-order valence-corrected chi connectivity index (χ4v) is 4.87. The van der Waals surface area contributed by atoms with Gasteiger partial charge in [0.25, 0.3) is 0 Å². The van der Waals surface area contributed by atoms with E-state index in [4.69, 9.17) is 0 Å². The molecule has 2 aromatic carbocycles. The van der Waals surface area contributed by atoms with Gasteiger partial charge in [0.15, 0.2) is 0 Å². The van der Waals surface area contributed by atoms with Crippen molar-refractivity contribution >= 4 is 16.3 Å². The average Bonchev–Trinajstić information content (AvgIpc) is 2.68. The van der Waals surface area contributed by atoms with Crippen LogP contribution in [0.15, 0.2) is 48.1 Å². The highest BCUT2D eigenvalue weighted by atomic mass is 15.0. The van der Waals surface area contributed by atoms with Gasteiger partial charge in [0.05, 0.1) is 0 Å². The molecule has 128 valence electrons. The summed E-state index contributed by atoms with van der Waals surface area (Å²) in [5.41, 5.74) is 7.78. The summed E-state index contributed by atoms with van der Waals surface area (Å²) >= 11 is 0. The van der Waals surface area contributed by atoms with Crippen LogP contribution in [0.25, 0.3) is 16.3 Å². The second-order valence-electron chi connectivity index (χ2n) is 7.62. The van der Waals surface area contributed by atoms with E-state index in [9.17, 15) is 0 Å². The maximum absolute atomic E-state index is 3.67. The minimum atomic E-state index is 0.545. The summed E-state index contributed by atoms with van der Waals surface area (Å²) in [6.45, 7) is 3.24. The predicted octanol–water partition coefficient (Wildman–Crippen LogP) is 3.99. The van der Waals surface area contributed by atoms with E-state index in [2.05, 4.69) is 53.1 Å². The molecule has 0 spiro atoms. The zero-order valence-electron chi connectivity index (χ0n) is 14.8. The largest absolute Gasteiger partial charge is 0.314 e. The van der Waals surface area contributed by atoms with Crippen molar-refractivity contribution in [3.63, 3.8) is 0 Å². The third kappa shape index (κ3) is 2.74. The van der Waals surface area contributed by atoms with Gasteiger partial charge < -0.3 is 10.6 Å². The molecule has 0 saturated carbocycles. The number of fused-ring (bicyclic) bond motifs is 4. The Bertz CT molecular complexity index is 869. The van der Waals surface area contributed by atoms with Crippen molar-refractivity contribution in [3.05, 3.63) is 64.7 Å². The monoisotopic (exact) mass is 330 g/mol. The van der Waals surface area contributed by atoms with Crippen molar-refractivity contribution in [2.24, 2.45) is 0 Å². The van der Waals surface area contributed by atoms with E-state index in [-0.39, 0.29) is 0 Å². The maximum Gasteiger partial charge on any atom is 0.0233 e. The molecule has 1 aliphatic heterocycles. The third-order valence-corrected chi connectivity index (χ3v) is 6.08. The molecule has 5 rings (SSSR count). The van der Waals surface area contributed by atoms with E-state index < -0.39 is 0 Å². The summed E-state index contributed by atoms with van der Waals surface area (Å²) < 4.78 is 0. The number of rotatable bonds is 2. The molecule has 25 heavy (non-hydrogen) atoms. The van der Waals surface area contributed by atoms with E-state index in [0.717, 1.165) is 26.1 Å². The first-order valence-electron chi connectivity index (χ1n) is 9.77. The van der Waals surface area contributed by atoms with Gasteiger partial charge in [0.1, 0.15) is 0 Å². The molecule has 2 aromatic rings. The Hall–Kier alpha value is -1.90. The highest BCUT2D eigenvalue weighted by Crippen LogP contribution is 2.40. The lowest BCUT2D eigenvalue weighted by Crippen LogP contribution is -2.49. The summed E-state index contributed by atoms with van der Waals surface area (Å²) in [6, 6.07) is 12.1. The van der Waals surface area contributed by atoms with Gasteiger partial charge in [-0.3, -0.25) is 0 Å². The molecule has 1 fully saturated rings. The fourth-order valence-electron chi connectivity index (χ4n) is 4.87. The topological polar surface area (TPSA) is 24.1 Å². The van der Waals surface area contributed by atoms with Crippen LogP contribution in [0, 0.1) is 0 Å². The van der Waals surface area contributed by atoms with E-state index >= 15 is 0 Å². The maximum atomic E-state index is 3.67. The summed E-state index contributed by atoms with van der Waals surface area (Å²) in [7, 11) is 0. The molecule has 2 N–H and O–H groups in total. The molecule has 2 aliphatic carbocycles. The Kier molecular flexibility index (Phi) is 3.95. The lowest BCUT2D eigenvalue weighted by atomic mass is 9.78. The first-order chi connectivity index (χ1) is 12.4.